The van der Waals surface area contributed by atoms with Gasteiger partial charge in [0.05, 0.1) is 23.6 Å². The molecule has 10 nitrogen and oxygen atoms in total. The normalized spacial score (nSPS) is 30.5. The van der Waals surface area contributed by atoms with E-state index in [2.05, 4.69) is 20.4 Å². The molecule has 4 heterocycles. The van der Waals surface area contributed by atoms with Crippen LogP contribution < -0.4 is 16.7 Å². The highest BCUT2D eigenvalue weighted by atomic mass is 19.1. The molecule has 4 aromatic heterocycles. The summed E-state index contributed by atoms with van der Waals surface area (Å²) in [6, 6.07) is 1.29. The van der Waals surface area contributed by atoms with E-state index in [1.807, 2.05) is 4.57 Å². The van der Waals surface area contributed by atoms with Crippen molar-refractivity contribution < 1.29 is 4.39 Å². The number of aromatic nitrogens is 7. The van der Waals surface area contributed by atoms with E-state index in [0.29, 0.717) is 28.6 Å². The van der Waals surface area contributed by atoms with Gasteiger partial charge in [0.1, 0.15) is 11.8 Å². The summed E-state index contributed by atoms with van der Waals surface area (Å²) >= 11 is 0. The number of halogens is 1. The molecule has 0 spiro atoms. The molecule has 3 N–H and O–H groups in total. The van der Waals surface area contributed by atoms with Gasteiger partial charge in [-0.15, -0.1) is 0 Å². The number of anilines is 2. The predicted octanol–water partition coefficient (Wildman–Crippen LogP) is 2.06. The minimum Gasteiger partial charge on any atom is -0.325 e. The second kappa shape index (κ2) is 6.16. The van der Waals surface area contributed by atoms with Gasteiger partial charge in [0.2, 0.25) is 5.95 Å². The molecule has 8 rings (SSSR count). The van der Waals surface area contributed by atoms with Crippen molar-refractivity contribution in [2.45, 2.75) is 49.6 Å². The Balaban J connectivity index is 1.36. The van der Waals surface area contributed by atoms with Crippen molar-refractivity contribution in [1.29, 1.82) is 0 Å². The van der Waals surface area contributed by atoms with Gasteiger partial charge in [-0.2, -0.15) is 10.1 Å². The maximum Gasteiger partial charge on any atom is 0.330 e. The van der Waals surface area contributed by atoms with Crippen LogP contribution in [-0.2, 0) is 12.6 Å². The average Bonchev–Trinajstić information content (AvgIpc) is 3.28. The zero-order valence-electron chi connectivity index (χ0n) is 18.2. The number of imidazole rings is 1. The average molecular weight is 449 g/mol. The van der Waals surface area contributed by atoms with Crippen LogP contribution in [0.25, 0.3) is 16.8 Å². The lowest BCUT2D eigenvalue weighted by Gasteiger charge is -2.61. The van der Waals surface area contributed by atoms with E-state index >= 15 is 0 Å². The van der Waals surface area contributed by atoms with Crippen LogP contribution in [0.1, 0.15) is 38.5 Å². The molecule has 4 aliphatic rings. The molecule has 4 aromatic rings. The van der Waals surface area contributed by atoms with Crippen molar-refractivity contribution in [1.82, 2.24) is 33.7 Å². The van der Waals surface area contributed by atoms with Crippen LogP contribution >= 0.6 is 0 Å². The molecule has 170 valence electrons. The zero-order chi connectivity index (χ0) is 22.5. The molecule has 4 saturated carbocycles. The summed E-state index contributed by atoms with van der Waals surface area (Å²) in [4.78, 5) is 26.5. The topological polar surface area (TPSA) is 121 Å². The quantitative estimate of drug-likeness (QED) is 0.491. The summed E-state index contributed by atoms with van der Waals surface area (Å²) < 4.78 is 19.6. The summed E-state index contributed by atoms with van der Waals surface area (Å²) in [5, 5.41) is 7.00. The number of hydrogen-bond acceptors (Lipinski definition) is 7. The van der Waals surface area contributed by atoms with Gasteiger partial charge < -0.3 is 11.1 Å². The zero-order valence-corrected chi connectivity index (χ0v) is 18.2. The number of nitrogens with two attached hydrogens (primary N) is 1. The van der Waals surface area contributed by atoms with Crippen LogP contribution in [0.5, 0.6) is 0 Å². The summed E-state index contributed by atoms with van der Waals surface area (Å²) in [7, 11) is 1.74. The van der Waals surface area contributed by atoms with Gasteiger partial charge in [0, 0.05) is 18.7 Å². The van der Waals surface area contributed by atoms with E-state index in [1.165, 1.54) is 29.5 Å². The Morgan fingerprint density at radius 3 is 2.76 bits per heavy atom. The molecule has 4 aliphatic carbocycles. The van der Waals surface area contributed by atoms with Crippen LogP contribution in [0.4, 0.5) is 16.0 Å². The second-order valence-corrected chi connectivity index (χ2v) is 10.4. The molecule has 4 fully saturated rings. The summed E-state index contributed by atoms with van der Waals surface area (Å²) in [6.07, 6.45) is 10.4. The van der Waals surface area contributed by atoms with Gasteiger partial charge in [-0.1, -0.05) is 0 Å². The fourth-order valence-electron chi connectivity index (χ4n) is 7.19. The Bertz CT molecular complexity index is 1490. The molecule has 0 aliphatic heterocycles. The predicted molar refractivity (Wildman–Crippen MR) is 119 cm³/mol. The Morgan fingerprint density at radius 2 is 2.00 bits per heavy atom. The Morgan fingerprint density at radius 1 is 1.21 bits per heavy atom. The maximum absolute atomic E-state index is 14.6. The first kappa shape index (κ1) is 19.2. The number of hydrogen-bond donors (Lipinski definition) is 2. The molecule has 0 aromatic carbocycles. The third-order valence-electron chi connectivity index (χ3n) is 7.96. The van der Waals surface area contributed by atoms with Crippen molar-refractivity contribution >= 4 is 28.4 Å². The van der Waals surface area contributed by atoms with E-state index in [0.717, 1.165) is 32.1 Å². The van der Waals surface area contributed by atoms with E-state index in [4.69, 9.17) is 10.7 Å². The first-order valence-corrected chi connectivity index (χ1v) is 11.3. The summed E-state index contributed by atoms with van der Waals surface area (Å²) in [6.45, 7) is 0. The number of nitrogens with one attached hydrogen (secondary N) is 1. The van der Waals surface area contributed by atoms with E-state index in [9.17, 15) is 9.18 Å². The molecule has 0 radical (unpaired) electrons. The Kier molecular flexibility index (Phi) is 3.58. The molecule has 33 heavy (non-hydrogen) atoms. The minimum absolute atomic E-state index is 0.0998. The fraction of sp³-hybridized carbons (Fsp3) is 0.500. The largest absolute Gasteiger partial charge is 0.330 e. The van der Waals surface area contributed by atoms with Crippen LogP contribution in [-0.4, -0.2) is 39.2 Å². The summed E-state index contributed by atoms with van der Waals surface area (Å²) in [5.74, 6) is 0.811. The van der Waals surface area contributed by atoms with Gasteiger partial charge in [-0.05, 0) is 50.4 Å². The summed E-state index contributed by atoms with van der Waals surface area (Å²) in [5.41, 5.74) is 7.96. The number of fused-ring (bicyclic) bond motifs is 2. The highest BCUT2D eigenvalue weighted by Gasteiger charge is 2.58. The number of rotatable bonds is 3. The minimum atomic E-state index is -0.490. The van der Waals surface area contributed by atoms with Crippen LogP contribution in [0.2, 0.25) is 0 Å². The Labute approximate surface area is 187 Å². The fourth-order valence-corrected chi connectivity index (χ4v) is 7.19. The lowest BCUT2D eigenvalue weighted by molar-refractivity contribution is -0.0576. The van der Waals surface area contributed by atoms with Crippen molar-refractivity contribution in [3.05, 3.63) is 41.1 Å². The van der Waals surface area contributed by atoms with Gasteiger partial charge in [0.15, 0.2) is 17.1 Å². The Hall–Kier alpha value is -3.34. The van der Waals surface area contributed by atoms with Gasteiger partial charge >= 0.3 is 5.69 Å². The molecule has 2 atom stereocenters. The molecule has 11 heteroatoms. The highest BCUT2D eigenvalue weighted by Crippen LogP contribution is 2.59. The lowest BCUT2D eigenvalue weighted by Crippen LogP contribution is -2.64. The van der Waals surface area contributed by atoms with Gasteiger partial charge in [-0.25, -0.2) is 23.7 Å². The molecular weight excluding hydrogens is 425 g/mol. The first-order valence-electron chi connectivity index (χ1n) is 11.3. The van der Waals surface area contributed by atoms with Crippen molar-refractivity contribution in [2.24, 2.45) is 24.6 Å². The van der Waals surface area contributed by atoms with Crippen molar-refractivity contribution in [3.63, 3.8) is 0 Å². The van der Waals surface area contributed by atoms with Gasteiger partial charge in [0.25, 0.3) is 0 Å². The second-order valence-electron chi connectivity index (χ2n) is 10.4. The molecule has 0 saturated heterocycles. The molecule has 0 amide bonds. The third-order valence-corrected chi connectivity index (χ3v) is 7.96. The van der Waals surface area contributed by atoms with E-state index < -0.39 is 5.82 Å². The van der Waals surface area contributed by atoms with Crippen molar-refractivity contribution in [2.75, 3.05) is 5.32 Å². The van der Waals surface area contributed by atoms with Crippen molar-refractivity contribution in [3.8, 4) is 0 Å². The molecule has 4 bridgehead atoms. The van der Waals surface area contributed by atoms with Crippen LogP contribution in [0, 0.1) is 17.7 Å². The first-order chi connectivity index (χ1) is 15.8. The van der Waals surface area contributed by atoms with E-state index in [1.54, 1.807) is 17.8 Å². The highest BCUT2D eigenvalue weighted by molar-refractivity contribution is 5.73. The maximum atomic E-state index is 14.6. The smallest absolute Gasteiger partial charge is 0.325 e. The standard InChI is InChI=1S/C22H24FN9O/c1-30-16-8-25-19(28-15-9-31-17(3-14(15)23)26-11-27-31)29-18(16)32(20(30)33)22-6-12-2-13(7-22)5-21(24,4-12)10-22/h3,8-9,11-13H,2,4-7,10,24H2,1H3,(H,25,28,29). The third kappa shape index (κ3) is 2.65. The van der Waals surface area contributed by atoms with E-state index in [-0.39, 0.29) is 28.4 Å². The van der Waals surface area contributed by atoms with Gasteiger partial charge in [-0.3, -0.25) is 9.13 Å². The number of aryl methyl sites for hydroxylation is 1. The SMILES string of the molecule is Cn1c(=O)n(C23CC4CC(CC(N)(C4)C2)C3)c2nc(Nc3cn4ncnc4cc3F)ncc21. The van der Waals surface area contributed by atoms with Crippen LogP contribution in [0.3, 0.4) is 0 Å². The lowest BCUT2D eigenvalue weighted by atomic mass is 9.50. The van der Waals surface area contributed by atoms with Crippen LogP contribution in [0.15, 0.2) is 29.6 Å². The molecule has 2 unspecified atom stereocenters. The number of nitrogens with zero attached hydrogens (tertiary/aromatic N) is 7. The molecular formula is C22H24FN9O. The monoisotopic (exact) mass is 449 g/mol. The number of pyridine rings is 1.